The molecule has 1 unspecified atom stereocenters. The van der Waals surface area contributed by atoms with E-state index < -0.39 is 17.7 Å². The number of hydrogen-bond donors (Lipinski definition) is 1. The number of urea groups is 1. The van der Waals surface area contributed by atoms with Crippen molar-refractivity contribution in [2.45, 2.75) is 277 Å². The molecule has 0 aliphatic carbocycles. The molecule has 0 bridgehead atoms. The maximum atomic E-state index is 14.5. The SMILES string of the molecule is CCCCCCCCCCCC(=O)OCCN(CCOC(=O)CCCCCCCCCCC)CC(CN1C(=O)NC2(CC(C)(C)N(C)C(C)(C)C2)C1=O)OC(=O)CCCCCCCCCCC. The van der Waals surface area contributed by atoms with Crippen LogP contribution in [-0.4, -0.2) is 114 Å². The third-order valence-corrected chi connectivity index (χ3v) is 14.5. The number of ether oxygens (including phenoxy) is 3. The summed E-state index contributed by atoms with van der Waals surface area (Å²) in [6, 6.07) is -0.483. The summed E-state index contributed by atoms with van der Waals surface area (Å²) in [5.74, 6) is -1.15. The molecule has 12 nitrogen and oxygen atoms in total. The topological polar surface area (TPSA) is 135 Å². The molecule has 2 saturated heterocycles. The molecule has 0 saturated carbocycles. The molecule has 1 N–H and O–H groups in total. The molecule has 3 amide bonds. The second kappa shape index (κ2) is 34.5. The van der Waals surface area contributed by atoms with Gasteiger partial charge >= 0.3 is 23.9 Å². The lowest BCUT2D eigenvalue weighted by Gasteiger charge is -2.56. The van der Waals surface area contributed by atoms with Gasteiger partial charge in [0.1, 0.15) is 24.9 Å². The Labute approximate surface area is 409 Å². The molecule has 390 valence electrons. The van der Waals surface area contributed by atoms with Crippen LogP contribution in [0.1, 0.15) is 254 Å². The van der Waals surface area contributed by atoms with Gasteiger partial charge < -0.3 is 19.5 Å². The Balaban J connectivity index is 2.13. The normalized spacial score (nSPS) is 17.0. The predicted molar refractivity (Wildman–Crippen MR) is 272 cm³/mol. The van der Waals surface area contributed by atoms with Crippen LogP contribution in [0.5, 0.6) is 0 Å². The number of nitrogens with one attached hydrogen (secondary N) is 1. The van der Waals surface area contributed by atoms with E-state index in [0.717, 1.165) is 57.8 Å². The van der Waals surface area contributed by atoms with Gasteiger partial charge in [-0.3, -0.25) is 33.9 Å². The minimum absolute atomic E-state index is 0.111. The summed E-state index contributed by atoms with van der Waals surface area (Å²) in [5, 5.41) is 3.09. The third-order valence-electron chi connectivity index (χ3n) is 14.5. The highest BCUT2D eigenvalue weighted by atomic mass is 16.5. The van der Waals surface area contributed by atoms with Gasteiger partial charge in [-0.2, -0.15) is 0 Å². The fraction of sp³-hybridized carbons (Fsp3) is 0.909. The Morgan fingerprint density at radius 1 is 0.552 bits per heavy atom. The van der Waals surface area contributed by atoms with E-state index in [-0.39, 0.29) is 67.6 Å². The van der Waals surface area contributed by atoms with Crippen molar-refractivity contribution in [1.82, 2.24) is 20.0 Å². The van der Waals surface area contributed by atoms with Crippen LogP contribution in [0.2, 0.25) is 0 Å². The lowest BCUT2D eigenvalue weighted by atomic mass is 9.69. The van der Waals surface area contributed by atoms with Crippen molar-refractivity contribution in [2.24, 2.45) is 0 Å². The number of amides is 3. The smallest absolute Gasteiger partial charge is 0.325 e. The van der Waals surface area contributed by atoms with Crippen molar-refractivity contribution in [2.75, 3.05) is 46.4 Å². The van der Waals surface area contributed by atoms with Gasteiger partial charge in [-0.05, 0) is 66.8 Å². The quantitative estimate of drug-likeness (QED) is 0.0273. The number of carbonyl (C=O) groups excluding carboxylic acids is 5. The number of unbranched alkanes of at least 4 members (excludes halogenated alkanes) is 24. The summed E-state index contributed by atoms with van der Waals surface area (Å²) in [4.78, 5) is 73.0. The first kappa shape index (κ1) is 60.4. The molecule has 2 heterocycles. The van der Waals surface area contributed by atoms with Crippen molar-refractivity contribution < 1.29 is 38.2 Å². The minimum atomic E-state index is -1.08. The van der Waals surface area contributed by atoms with E-state index in [1.165, 1.54) is 114 Å². The van der Waals surface area contributed by atoms with Gasteiger partial charge in [0.2, 0.25) is 0 Å². The van der Waals surface area contributed by atoms with Gasteiger partial charge in [0.25, 0.3) is 5.91 Å². The zero-order chi connectivity index (χ0) is 49.4. The largest absolute Gasteiger partial charge is 0.464 e. The number of esters is 3. The van der Waals surface area contributed by atoms with Crippen molar-refractivity contribution >= 4 is 29.8 Å². The van der Waals surface area contributed by atoms with Crippen LogP contribution in [0.4, 0.5) is 4.79 Å². The lowest BCUT2D eigenvalue weighted by molar-refractivity contribution is -0.153. The van der Waals surface area contributed by atoms with Gasteiger partial charge in [-0.25, -0.2) is 4.79 Å². The molecule has 67 heavy (non-hydrogen) atoms. The van der Waals surface area contributed by atoms with Gasteiger partial charge in [0, 0.05) is 50.0 Å². The molecule has 1 atom stereocenters. The summed E-state index contributed by atoms with van der Waals surface area (Å²) in [6.07, 6.45) is 32.1. The molecule has 2 fully saturated rings. The Morgan fingerprint density at radius 3 is 1.27 bits per heavy atom. The standard InChI is InChI=1S/C55H102N4O8/c1-9-12-15-18-21-24-27-30-33-36-48(60)65-41-39-58(40-42-66-49(61)37-34-31-28-25-22-19-16-13-10-2)43-47(67-50(62)38-35-32-29-26-23-20-17-14-11-3)44-59-51(63)55(56-52(59)64)45-53(4,5)57(8)54(6,7)46-55/h47H,9-46H2,1-8H3,(H,56,64). The fourth-order valence-corrected chi connectivity index (χ4v) is 10.3. The lowest BCUT2D eigenvalue weighted by Crippen LogP contribution is -2.68. The second-order valence-electron chi connectivity index (χ2n) is 21.6. The first-order valence-electron chi connectivity index (χ1n) is 27.7. The first-order chi connectivity index (χ1) is 32.1. The minimum Gasteiger partial charge on any atom is -0.464 e. The molecule has 1 spiro atoms. The van der Waals surface area contributed by atoms with Gasteiger partial charge in [0.15, 0.2) is 0 Å². The van der Waals surface area contributed by atoms with E-state index in [0.29, 0.717) is 45.2 Å². The van der Waals surface area contributed by atoms with Gasteiger partial charge in [0.05, 0.1) is 6.54 Å². The first-order valence-corrected chi connectivity index (χ1v) is 27.7. The van der Waals surface area contributed by atoms with Crippen molar-refractivity contribution in [3.63, 3.8) is 0 Å². The van der Waals surface area contributed by atoms with E-state index in [1.807, 2.05) is 4.90 Å². The number of hydrogen-bond acceptors (Lipinski definition) is 10. The highest BCUT2D eigenvalue weighted by molar-refractivity contribution is 6.07. The molecule has 0 aromatic rings. The summed E-state index contributed by atoms with van der Waals surface area (Å²) < 4.78 is 17.6. The number of likely N-dealkylation sites (tertiary alicyclic amines) is 1. The van der Waals surface area contributed by atoms with E-state index in [1.54, 1.807) is 0 Å². The maximum absolute atomic E-state index is 14.5. The molecular weight excluding hydrogens is 845 g/mol. The summed E-state index contributed by atoms with van der Waals surface area (Å²) in [5.41, 5.74) is -1.81. The third kappa shape index (κ3) is 25.1. The number of piperidine rings is 1. The number of imide groups is 1. The zero-order valence-electron chi connectivity index (χ0n) is 44.6. The molecule has 2 rings (SSSR count). The highest BCUT2D eigenvalue weighted by Gasteiger charge is 2.60. The fourth-order valence-electron chi connectivity index (χ4n) is 10.3. The van der Waals surface area contributed by atoms with E-state index in [2.05, 4.69) is 65.7 Å². The Bertz CT molecular complexity index is 1330. The average Bonchev–Trinajstić information content (AvgIpc) is 3.48. The molecular formula is C55H102N4O8. The van der Waals surface area contributed by atoms with Crippen LogP contribution in [0.15, 0.2) is 0 Å². The molecule has 2 aliphatic rings. The number of carbonyl (C=O) groups is 5. The molecule has 2 aliphatic heterocycles. The van der Waals surface area contributed by atoms with E-state index in [4.69, 9.17) is 14.2 Å². The molecule has 12 heteroatoms. The second-order valence-corrected chi connectivity index (χ2v) is 21.6. The number of nitrogens with zero attached hydrogens (tertiary/aromatic N) is 3. The van der Waals surface area contributed by atoms with Crippen LogP contribution >= 0.6 is 0 Å². The van der Waals surface area contributed by atoms with E-state index in [9.17, 15) is 24.0 Å². The van der Waals surface area contributed by atoms with Gasteiger partial charge in [-0.15, -0.1) is 0 Å². The van der Waals surface area contributed by atoms with Crippen LogP contribution in [-0.2, 0) is 33.4 Å². The monoisotopic (exact) mass is 947 g/mol. The Hall–Kier alpha value is -2.73. The summed E-state index contributed by atoms with van der Waals surface area (Å²) >= 11 is 0. The Kier molecular flexibility index (Phi) is 31.1. The maximum Gasteiger partial charge on any atom is 0.325 e. The molecule has 0 aromatic heterocycles. The van der Waals surface area contributed by atoms with Crippen LogP contribution in [0.25, 0.3) is 0 Å². The van der Waals surface area contributed by atoms with E-state index >= 15 is 0 Å². The van der Waals surface area contributed by atoms with Crippen LogP contribution in [0, 0.1) is 0 Å². The molecule has 0 radical (unpaired) electrons. The van der Waals surface area contributed by atoms with Crippen molar-refractivity contribution in [3.8, 4) is 0 Å². The zero-order valence-corrected chi connectivity index (χ0v) is 44.6. The average molecular weight is 947 g/mol. The highest BCUT2D eigenvalue weighted by Crippen LogP contribution is 2.45. The Morgan fingerprint density at radius 2 is 0.896 bits per heavy atom. The summed E-state index contributed by atoms with van der Waals surface area (Å²) in [7, 11) is 2.06. The van der Waals surface area contributed by atoms with Crippen molar-refractivity contribution in [3.05, 3.63) is 0 Å². The predicted octanol–water partition coefficient (Wildman–Crippen LogP) is 12.6. The molecule has 0 aromatic carbocycles. The van der Waals surface area contributed by atoms with Gasteiger partial charge in [-0.1, -0.05) is 175 Å². The van der Waals surface area contributed by atoms with Crippen LogP contribution < -0.4 is 5.32 Å². The summed E-state index contributed by atoms with van der Waals surface area (Å²) in [6.45, 7) is 16.0. The van der Waals surface area contributed by atoms with Crippen LogP contribution in [0.3, 0.4) is 0 Å². The van der Waals surface area contributed by atoms with Crippen molar-refractivity contribution in [1.29, 1.82) is 0 Å². The number of rotatable bonds is 41.